The zero-order valence-corrected chi connectivity index (χ0v) is 14.8. The van der Waals surface area contributed by atoms with E-state index in [0.717, 1.165) is 56.8 Å². The number of amides is 1. The van der Waals surface area contributed by atoms with E-state index in [9.17, 15) is 10.1 Å². The summed E-state index contributed by atoms with van der Waals surface area (Å²) in [5.41, 5.74) is 2.27. The molecule has 1 aromatic heterocycles. The third-order valence-electron chi connectivity index (χ3n) is 4.54. The van der Waals surface area contributed by atoms with Crippen molar-refractivity contribution in [2.24, 2.45) is 0 Å². The lowest BCUT2D eigenvalue weighted by Gasteiger charge is -2.34. The first-order chi connectivity index (χ1) is 11.6. The minimum Gasteiger partial charge on any atom is -0.358 e. The minimum atomic E-state index is 0.0362. The molecule has 0 bridgehead atoms. The molecule has 0 spiro atoms. The highest BCUT2D eigenvalue weighted by Crippen LogP contribution is 2.19. The SMILES string of the molecule is CCc1nnc(NCC(=O)N2CCN(CC)CC2)c(C#N)c1CC. The van der Waals surface area contributed by atoms with E-state index in [1.165, 1.54) is 0 Å². The number of nitriles is 1. The van der Waals surface area contributed by atoms with Gasteiger partial charge in [0.25, 0.3) is 0 Å². The van der Waals surface area contributed by atoms with Gasteiger partial charge in [-0.2, -0.15) is 10.4 Å². The summed E-state index contributed by atoms with van der Waals surface area (Å²) in [6.07, 6.45) is 1.47. The standard InChI is InChI=1S/C17H26N6O/c1-4-13-14(11-18)17(21-20-15(13)5-2)19-12-16(24)23-9-7-22(6-3)8-10-23/h4-10,12H2,1-3H3,(H,19,21). The second-order valence-corrected chi connectivity index (χ2v) is 5.84. The van der Waals surface area contributed by atoms with Crippen LogP contribution in [-0.2, 0) is 17.6 Å². The Bertz CT molecular complexity index is 616. The fraction of sp³-hybridized carbons (Fsp3) is 0.647. The molecule has 0 aliphatic carbocycles. The molecule has 1 aliphatic rings. The number of nitrogens with zero attached hydrogens (tertiary/aromatic N) is 5. The zero-order chi connectivity index (χ0) is 17.5. The van der Waals surface area contributed by atoms with E-state index < -0.39 is 0 Å². The number of aromatic nitrogens is 2. The second kappa shape index (κ2) is 8.60. The molecule has 0 atom stereocenters. The Kier molecular flexibility index (Phi) is 6.50. The van der Waals surface area contributed by atoms with Gasteiger partial charge >= 0.3 is 0 Å². The van der Waals surface area contributed by atoms with Crippen LogP contribution in [0.4, 0.5) is 5.82 Å². The van der Waals surface area contributed by atoms with Crippen LogP contribution in [0.5, 0.6) is 0 Å². The Hall–Kier alpha value is -2.20. The number of anilines is 1. The lowest BCUT2D eigenvalue weighted by Crippen LogP contribution is -2.49. The molecular weight excluding hydrogens is 304 g/mol. The maximum Gasteiger partial charge on any atom is 0.242 e. The number of nitrogens with one attached hydrogen (secondary N) is 1. The van der Waals surface area contributed by atoms with E-state index in [0.29, 0.717) is 11.4 Å². The summed E-state index contributed by atoms with van der Waals surface area (Å²) in [6.45, 7) is 10.6. The van der Waals surface area contributed by atoms with Gasteiger partial charge in [-0.25, -0.2) is 0 Å². The lowest BCUT2D eigenvalue weighted by atomic mass is 10.0. The van der Waals surface area contributed by atoms with Gasteiger partial charge in [-0.1, -0.05) is 20.8 Å². The Labute approximate surface area is 143 Å². The largest absolute Gasteiger partial charge is 0.358 e. The normalized spacial score (nSPS) is 15.2. The van der Waals surface area contributed by atoms with Crippen LogP contribution in [0.1, 0.15) is 37.6 Å². The van der Waals surface area contributed by atoms with E-state index in [2.05, 4.69) is 33.4 Å². The van der Waals surface area contributed by atoms with Crippen molar-refractivity contribution < 1.29 is 4.79 Å². The van der Waals surface area contributed by atoms with Crippen molar-refractivity contribution in [3.05, 3.63) is 16.8 Å². The fourth-order valence-corrected chi connectivity index (χ4v) is 3.00. The van der Waals surface area contributed by atoms with Crippen molar-refractivity contribution in [3.63, 3.8) is 0 Å². The molecule has 1 N–H and O–H groups in total. The average Bonchev–Trinajstić information content (AvgIpc) is 2.64. The summed E-state index contributed by atoms with van der Waals surface area (Å²) in [4.78, 5) is 16.5. The number of rotatable bonds is 6. The van der Waals surface area contributed by atoms with Crippen LogP contribution in [0.3, 0.4) is 0 Å². The first-order valence-corrected chi connectivity index (χ1v) is 8.67. The van der Waals surface area contributed by atoms with Crippen LogP contribution in [0.25, 0.3) is 0 Å². The van der Waals surface area contributed by atoms with E-state index in [1.54, 1.807) is 0 Å². The first kappa shape index (κ1) is 18.1. The van der Waals surface area contributed by atoms with Crippen LogP contribution in [0.2, 0.25) is 0 Å². The quantitative estimate of drug-likeness (QED) is 0.839. The van der Waals surface area contributed by atoms with Crippen LogP contribution in [-0.4, -0.2) is 65.2 Å². The highest BCUT2D eigenvalue weighted by molar-refractivity contribution is 5.81. The highest BCUT2D eigenvalue weighted by Gasteiger charge is 2.21. The number of likely N-dealkylation sites (N-methyl/N-ethyl adjacent to an activating group) is 1. The van der Waals surface area contributed by atoms with Gasteiger partial charge < -0.3 is 15.1 Å². The van der Waals surface area contributed by atoms with Gasteiger partial charge in [-0.3, -0.25) is 4.79 Å². The van der Waals surface area contributed by atoms with Gasteiger partial charge in [0.15, 0.2) is 5.82 Å². The third kappa shape index (κ3) is 4.01. The number of hydrogen-bond donors (Lipinski definition) is 1. The molecule has 130 valence electrons. The maximum absolute atomic E-state index is 12.4. The first-order valence-electron chi connectivity index (χ1n) is 8.67. The summed E-state index contributed by atoms with van der Waals surface area (Å²) >= 11 is 0. The predicted octanol–water partition coefficient (Wildman–Crippen LogP) is 1.05. The smallest absolute Gasteiger partial charge is 0.242 e. The zero-order valence-electron chi connectivity index (χ0n) is 14.8. The molecule has 1 saturated heterocycles. The minimum absolute atomic E-state index is 0.0362. The monoisotopic (exact) mass is 330 g/mol. The summed E-state index contributed by atoms with van der Waals surface area (Å²) in [7, 11) is 0. The van der Waals surface area contributed by atoms with E-state index >= 15 is 0 Å². The molecule has 2 rings (SSSR count). The fourth-order valence-electron chi connectivity index (χ4n) is 3.00. The lowest BCUT2D eigenvalue weighted by molar-refractivity contribution is -0.131. The second-order valence-electron chi connectivity index (χ2n) is 5.84. The van der Waals surface area contributed by atoms with E-state index in [1.807, 2.05) is 18.7 Å². The van der Waals surface area contributed by atoms with Crippen LogP contribution in [0.15, 0.2) is 0 Å². The summed E-state index contributed by atoms with van der Waals surface area (Å²) < 4.78 is 0. The Morgan fingerprint density at radius 1 is 1.17 bits per heavy atom. The van der Waals surface area contributed by atoms with Gasteiger partial charge in [0, 0.05) is 26.2 Å². The van der Waals surface area contributed by atoms with Crippen molar-refractivity contribution in [2.75, 3.05) is 44.6 Å². The third-order valence-corrected chi connectivity index (χ3v) is 4.54. The van der Waals surface area contributed by atoms with Gasteiger partial charge in [0.1, 0.15) is 11.6 Å². The average molecular weight is 330 g/mol. The van der Waals surface area contributed by atoms with Gasteiger partial charge in [-0.05, 0) is 24.9 Å². The number of carbonyl (C=O) groups excluding carboxylic acids is 1. The molecule has 0 saturated carbocycles. The molecule has 1 fully saturated rings. The molecule has 24 heavy (non-hydrogen) atoms. The number of carbonyl (C=O) groups is 1. The molecule has 1 amide bonds. The molecule has 1 aliphatic heterocycles. The van der Waals surface area contributed by atoms with Gasteiger partial charge in [-0.15, -0.1) is 5.10 Å². The molecule has 7 heteroatoms. The van der Waals surface area contributed by atoms with Crippen molar-refractivity contribution in [2.45, 2.75) is 33.6 Å². The molecule has 1 aromatic rings. The number of aryl methyl sites for hydroxylation is 1. The molecule has 0 unspecified atom stereocenters. The highest BCUT2D eigenvalue weighted by atomic mass is 16.2. The van der Waals surface area contributed by atoms with Crippen molar-refractivity contribution in [1.82, 2.24) is 20.0 Å². The van der Waals surface area contributed by atoms with Crippen molar-refractivity contribution >= 4 is 11.7 Å². The summed E-state index contributed by atoms with van der Waals surface area (Å²) in [5.74, 6) is 0.446. The van der Waals surface area contributed by atoms with Crippen molar-refractivity contribution in [1.29, 1.82) is 5.26 Å². The summed E-state index contributed by atoms with van der Waals surface area (Å²) in [5, 5.41) is 20.8. The molecule has 2 heterocycles. The predicted molar refractivity (Wildman–Crippen MR) is 92.7 cm³/mol. The molecular formula is C17H26N6O. The van der Waals surface area contributed by atoms with Crippen molar-refractivity contribution in [3.8, 4) is 6.07 Å². The maximum atomic E-state index is 12.4. The van der Waals surface area contributed by atoms with Gasteiger partial charge in [0.2, 0.25) is 5.91 Å². The molecule has 0 aromatic carbocycles. The van der Waals surface area contributed by atoms with Crippen LogP contribution >= 0.6 is 0 Å². The van der Waals surface area contributed by atoms with Crippen LogP contribution < -0.4 is 5.32 Å². The van der Waals surface area contributed by atoms with E-state index in [-0.39, 0.29) is 12.5 Å². The molecule has 0 radical (unpaired) electrons. The topological polar surface area (TPSA) is 85.2 Å². The number of piperazine rings is 1. The van der Waals surface area contributed by atoms with Crippen LogP contribution in [0, 0.1) is 11.3 Å². The molecule has 7 nitrogen and oxygen atoms in total. The Morgan fingerprint density at radius 3 is 2.42 bits per heavy atom. The van der Waals surface area contributed by atoms with E-state index in [4.69, 9.17) is 0 Å². The Morgan fingerprint density at radius 2 is 1.88 bits per heavy atom. The number of hydrogen-bond acceptors (Lipinski definition) is 6. The summed E-state index contributed by atoms with van der Waals surface area (Å²) in [6, 6.07) is 2.21. The Balaban J connectivity index is 2.02. The van der Waals surface area contributed by atoms with Gasteiger partial charge in [0.05, 0.1) is 12.2 Å².